The Hall–Kier alpha value is -2.86. The first-order chi connectivity index (χ1) is 14.4. The molecule has 5 rings (SSSR count). The molecule has 0 atom stereocenters. The molecular formula is C25H23N3OS. The normalized spacial score (nSPS) is 23.2. The van der Waals surface area contributed by atoms with Crippen LogP contribution < -0.4 is 5.73 Å². The molecule has 2 aromatic heterocycles. The van der Waals surface area contributed by atoms with Crippen molar-refractivity contribution in [2.45, 2.75) is 30.9 Å². The average Bonchev–Trinajstić information content (AvgIpc) is 3.19. The number of thiazole rings is 1. The van der Waals surface area contributed by atoms with Crippen molar-refractivity contribution in [1.29, 1.82) is 0 Å². The Morgan fingerprint density at radius 1 is 0.900 bits per heavy atom. The number of rotatable bonds is 4. The van der Waals surface area contributed by atoms with E-state index in [4.69, 9.17) is 10.7 Å². The molecule has 0 saturated heterocycles. The molecule has 1 aliphatic carbocycles. The van der Waals surface area contributed by atoms with Gasteiger partial charge in [-0.3, -0.25) is 4.98 Å². The summed E-state index contributed by atoms with van der Waals surface area (Å²) in [6, 6.07) is 22.6. The quantitative estimate of drug-likeness (QED) is 0.480. The zero-order chi connectivity index (χ0) is 20.8. The molecule has 5 heteroatoms. The Bertz CT molecular complexity index is 1160. The number of aliphatic hydroxyl groups is 1. The Kier molecular flexibility index (Phi) is 4.54. The van der Waals surface area contributed by atoms with Crippen molar-refractivity contribution >= 4 is 11.3 Å². The fraction of sp³-hybridized carbons (Fsp3) is 0.200. The average molecular weight is 414 g/mol. The summed E-state index contributed by atoms with van der Waals surface area (Å²) < 4.78 is 0. The molecule has 1 aliphatic rings. The molecule has 30 heavy (non-hydrogen) atoms. The van der Waals surface area contributed by atoms with Crippen molar-refractivity contribution in [2.24, 2.45) is 5.73 Å². The molecule has 0 radical (unpaired) electrons. The van der Waals surface area contributed by atoms with Gasteiger partial charge in [-0.25, -0.2) is 4.98 Å². The third kappa shape index (κ3) is 3.45. The van der Waals surface area contributed by atoms with Gasteiger partial charge in [-0.1, -0.05) is 54.6 Å². The van der Waals surface area contributed by atoms with E-state index in [0.717, 1.165) is 37.8 Å². The minimum Gasteiger partial charge on any atom is -0.390 e. The molecule has 150 valence electrons. The molecule has 4 nitrogen and oxygen atoms in total. The molecule has 3 N–H and O–H groups in total. The van der Waals surface area contributed by atoms with E-state index in [9.17, 15) is 5.11 Å². The number of nitrogens with zero attached hydrogens (tertiary/aromatic N) is 2. The molecule has 1 fully saturated rings. The van der Waals surface area contributed by atoms with E-state index in [1.54, 1.807) is 17.5 Å². The molecule has 2 heterocycles. The summed E-state index contributed by atoms with van der Waals surface area (Å²) in [6.07, 6.45) is 4.78. The van der Waals surface area contributed by atoms with E-state index in [2.05, 4.69) is 41.4 Å². The van der Waals surface area contributed by atoms with Crippen LogP contribution in [0.4, 0.5) is 0 Å². The molecule has 0 amide bonds. The Morgan fingerprint density at radius 2 is 1.60 bits per heavy atom. The highest BCUT2D eigenvalue weighted by atomic mass is 32.1. The molecule has 0 unspecified atom stereocenters. The van der Waals surface area contributed by atoms with Crippen LogP contribution in [0.3, 0.4) is 0 Å². The van der Waals surface area contributed by atoms with E-state index >= 15 is 0 Å². The maximum absolute atomic E-state index is 10.1. The third-order valence-electron chi connectivity index (χ3n) is 5.70. The largest absolute Gasteiger partial charge is 0.390 e. The van der Waals surface area contributed by atoms with Gasteiger partial charge in [0.25, 0.3) is 0 Å². The van der Waals surface area contributed by atoms with Gasteiger partial charge < -0.3 is 10.8 Å². The van der Waals surface area contributed by atoms with Gasteiger partial charge in [0, 0.05) is 29.1 Å². The number of pyridine rings is 1. The van der Waals surface area contributed by atoms with Crippen LogP contribution >= 0.6 is 11.3 Å². The SMILES string of the molecule is CC1(O)CC(N)(c2ccc(-c3nc(-c4cccnc4)sc3-c3ccccc3)cc2)C1. The maximum atomic E-state index is 10.1. The van der Waals surface area contributed by atoms with E-state index in [0.29, 0.717) is 12.8 Å². The second kappa shape index (κ2) is 7.13. The van der Waals surface area contributed by atoms with Gasteiger partial charge in [-0.05, 0) is 43.0 Å². The number of nitrogens with two attached hydrogens (primary N) is 1. The van der Waals surface area contributed by atoms with Crippen molar-refractivity contribution in [3.05, 3.63) is 84.7 Å². The van der Waals surface area contributed by atoms with Crippen LogP contribution in [-0.4, -0.2) is 20.7 Å². The summed E-state index contributed by atoms with van der Waals surface area (Å²) in [6.45, 7) is 1.84. The predicted octanol–water partition coefficient (Wildman–Crippen LogP) is 5.24. The fourth-order valence-corrected chi connectivity index (χ4v) is 5.47. The highest BCUT2D eigenvalue weighted by Crippen LogP contribution is 2.47. The van der Waals surface area contributed by atoms with Gasteiger partial charge in [0.05, 0.1) is 16.2 Å². The number of hydrogen-bond acceptors (Lipinski definition) is 5. The van der Waals surface area contributed by atoms with Crippen molar-refractivity contribution in [3.63, 3.8) is 0 Å². The zero-order valence-corrected chi connectivity index (χ0v) is 17.6. The molecule has 1 saturated carbocycles. The van der Waals surface area contributed by atoms with Crippen LogP contribution in [-0.2, 0) is 5.54 Å². The monoisotopic (exact) mass is 413 g/mol. The van der Waals surface area contributed by atoms with Gasteiger partial charge in [-0.2, -0.15) is 0 Å². The van der Waals surface area contributed by atoms with Crippen LogP contribution in [0, 0.1) is 0 Å². The lowest BCUT2D eigenvalue weighted by Crippen LogP contribution is -2.58. The Morgan fingerprint density at radius 3 is 2.23 bits per heavy atom. The first-order valence-corrected chi connectivity index (χ1v) is 10.8. The van der Waals surface area contributed by atoms with Crippen LogP contribution in [0.1, 0.15) is 25.3 Å². The van der Waals surface area contributed by atoms with Crippen molar-refractivity contribution in [1.82, 2.24) is 9.97 Å². The van der Waals surface area contributed by atoms with Gasteiger partial charge in [-0.15, -0.1) is 11.3 Å². The summed E-state index contributed by atoms with van der Waals surface area (Å²) in [5.41, 5.74) is 10.6. The molecular weight excluding hydrogens is 390 g/mol. The standard InChI is InChI=1S/C25H23N3OS/c1-24(29)15-25(26,16-24)20-11-9-17(10-12-20)21-22(18-6-3-2-4-7-18)30-23(28-21)19-8-5-13-27-14-19/h2-14,29H,15-16,26H2,1H3. The maximum Gasteiger partial charge on any atom is 0.126 e. The first kappa shape index (κ1) is 19.1. The number of aromatic nitrogens is 2. The molecule has 4 aromatic rings. The summed E-state index contributed by atoms with van der Waals surface area (Å²) >= 11 is 1.68. The van der Waals surface area contributed by atoms with Crippen LogP contribution in [0.15, 0.2) is 79.1 Å². The van der Waals surface area contributed by atoms with Crippen LogP contribution in [0.5, 0.6) is 0 Å². The third-order valence-corrected chi connectivity index (χ3v) is 6.85. The number of hydrogen-bond donors (Lipinski definition) is 2. The molecule has 0 aliphatic heterocycles. The van der Waals surface area contributed by atoms with Gasteiger partial charge in [0.1, 0.15) is 5.01 Å². The Balaban J connectivity index is 1.56. The lowest BCUT2D eigenvalue weighted by atomic mass is 9.63. The van der Waals surface area contributed by atoms with E-state index in [-0.39, 0.29) is 0 Å². The molecule has 0 bridgehead atoms. The van der Waals surface area contributed by atoms with E-state index in [1.807, 2.05) is 43.5 Å². The highest BCUT2D eigenvalue weighted by molar-refractivity contribution is 7.19. The minimum absolute atomic E-state index is 0.451. The van der Waals surface area contributed by atoms with Gasteiger partial charge >= 0.3 is 0 Å². The lowest BCUT2D eigenvalue weighted by Gasteiger charge is -2.49. The summed E-state index contributed by atoms with van der Waals surface area (Å²) in [4.78, 5) is 10.4. The Labute approximate surface area is 180 Å². The molecule has 2 aromatic carbocycles. The second-order valence-corrected chi connectivity index (χ2v) is 9.39. The van der Waals surface area contributed by atoms with Crippen LogP contribution in [0.2, 0.25) is 0 Å². The zero-order valence-electron chi connectivity index (χ0n) is 16.7. The van der Waals surface area contributed by atoms with E-state index < -0.39 is 11.1 Å². The van der Waals surface area contributed by atoms with Crippen molar-refractivity contribution < 1.29 is 5.11 Å². The van der Waals surface area contributed by atoms with Crippen molar-refractivity contribution in [3.8, 4) is 32.3 Å². The topological polar surface area (TPSA) is 72.0 Å². The van der Waals surface area contributed by atoms with Gasteiger partial charge in [0.15, 0.2) is 0 Å². The van der Waals surface area contributed by atoms with Crippen molar-refractivity contribution in [2.75, 3.05) is 0 Å². The lowest BCUT2D eigenvalue weighted by molar-refractivity contribution is -0.0738. The van der Waals surface area contributed by atoms with E-state index in [1.165, 1.54) is 0 Å². The summed E-state index contributed by atoms with van der Waals surface area (Å²) in [5, 5.41) is 11.1. The molecule has 0 spiro atoms. The van der Waals surface area contributed by atoms with Crippen LogP contribution in [0.25, 0.3) is 32.3 Å². The summed E-state index contributed by atoms with van der Waals surface area (Å²) in [5.74, 6) is 0. The fourth-order valence-electron chi connectivity index (χ4n) is 4.39. The van der Waals surface area contributed by atoms with Gasteiger partial charge in [0.2, 0.25) is 0 Å². The minimum atomic E-state index is -0.665. The number of benzene rings is 2. The highest BCUT2D eigenvalue weighted by Gasteiger charge is 2.49. The second-order valence-electron chi connectivity index (χ2n) is 8.39. The first-order valence-electron chi connectivity index (χ1n) is 10.0. The summed E-state index contributed by atoms with van der Waals surface area (Å²) in [7, 11) is 0. The predicted molar refractivity (Wildman–Crippen MR) is 122 cm³/mol. The smallest absolute Gasteiger partial charge is 0.126 e.